The third kappa shape index (κ3) is 3.55. The van der Waals surface area contributed by atoms with Crippen LogP contribution in [0.4, 0.5) is 0 Å². The smallest absolute Gasteiger partial charge is 0.253 e. The van der Waals surface area contributed by atoms with Gasteiger partial charge in [0.05, 0.1) is 0 Å². The summed E-state index contributed by atoms with van der Waals surface area (Å²) in [7, 11) is 0. The van der Waals surface area contributed by atoms with Crippen LogP contribution in [0, 0.1) is 5.41 Å². The van der Waals surface area contributed by atoms with Crippen LogP contribution in [0.5, 0.6) is 0 Å². The van der Waals surface area contributed by atoms with Crippen molar-refractivity contribution in [3.8, 4) is 0 Å². The molecule has 0 bridgehead atoms. The van der Waals surface area contributed by atoms with Crippen LogP contribution >= 0.6 is 11.6 Å². The molecule has 0 aliphatic carbocycles. The van der Waals surface area contributed by atoms with Crippen LogP contribution in [0.25, 0.3) is 0 Å². The summed E-state index contributed by atoms with van der Waals surface area (Å²) in [6.07, 6.45) is 5.62. The molecule has 1 amide bonds. The number of amides is 1. The lowest BCUT2D eigenvalue weighted by Gasteiger charge is -2.25. The summed E-state index contributed by atoms with van der Waals surface area (Å²) in [4.78, 5) is 21.2. The molecule has 130 valence electrons. The van der Waals surface area contributed by atoms with Crippen LogP contribution in [-0.2, 0) is 6.54 Å². The largest absolute Gasteiger partial charge is 0.338 e. The van der Waals surface area contributed by atoms with Crippen LogP contribution < -0.4 is 0 Å². The van der Waals surface area contributed by atoms with Crippen LogP contribution in [0.1, 0.15) is 28.8 Å². The number of halogens is 1. The number of aromatic nitrogens is 1. The molecule has 25 heavy (non-hydrogen) atoms. The molecule has 0 saturated carbocycles. The first-order chi connectivity index (χ1) is 12.1. The molecule has 2 saturated heterocycles. The molecule has 4 nitrogen and oxygen atoms in total. The van der Waals surface area contributed by atoms with Crippen molar-refractivity contribution >= 4 is 17.5 Å². The maximum atomic E-state index is 12.7. The fourth-order valence-electron chi connectivity index (χ4n) is 4.17. The number of nitrogens with zero attached hydrogens (tertiary/aromatic N) is 3. The van der Waals surface area contributed by atoms with Crippen molar-refractivity contribution < 1.29 is 4.79 Å². The lowest BCUT2D eigenvalue weighted by Crippen LogP contribution is -2.34. The number of carbonyl (C=O) groups excluding carboxylic acids is 1. The van der Waals surface area contributed by atoms with Gasteiger partial charge in [-0.1, -0.05) is 23.7 Å². The number of rotatable bonds is 3. The Balaban J connectivity index is 1.39. The van der Waals surface area contributed by atoms with E-state index in [4.69, 9.17) is 11.6 Å². The highest BCUT2D eigenvalue weighted by Gasteiger charge is 2.44. The predicted octanol–water partition coefficient (Wildman–Crippen LogP) is 3.47. The van der Waals surface area contributed by atoms with Crippen molar-refractivity contribution in [1.29, 1.82) is 0 Å². The number of hydrogen-bond acceptors (Lipinski definition) is 3. The second-order valence-corrected chi connectivity index (χ2v) is 7.74. The predicted molar refractivity (Wildman–Crippen MR) is 98.5 cm³/mol. The number of hydrogen-bond donors (Lipinski definition) is 0. The van der Waals surface area contributed by atoms with E-state index < -0.39 is 0 Å². The van der Waals surface area contributed by atoms with Gasteiger partial charge in [-0.2, -0.15) is 0 Å². The molecule has 2 aromatic rings. The molecule has 5 heteroatoms. The number of benzene rings is 1. The lowest BCUT2D eigenvalue weighted by atomic mass is 9.86. The molecule has 4 rings (SSSR count). The van der Waals surface area contributed by atoms with Crippen molar-refractivity contribution in [2.75, 3.05) is 26.2 Å². The normalized spacial score (nSPS) is 23.5. The Morgan fingerprint density at radius 3 is 2.72 bits per heavy atom. The average Bonchev–Trinajstić information content (AvgIpc) is 3.22. The quantitative estimate of drug-likeness (QED) is 0.845. The van der Waals surface area contributed by atoms with E-state index in [1.54, 1.807) is 24.5 Å². The average molecular weight is 356 g/mol. The molecule has 2 aliphatic heterocycles. The van der Waals surface area contributed by atoms with Gasteiger partial charge >= 0.3 is 0 Å². The van der Waals surface area contributed by atoms with Crippen LogP contribution in [0.3, 0.4) is 0 Å². The second-order valence-electron chi connectivity index (χ2n) is 7.30. The summed E-state index contributed by atoms with van der Waals surface area (Å²) in [6.45, 7) is 4.79. The minimum absolute atomic E-state index is 0.132. The van der Waals surface area contributed by atoms with Gasteiger partial charge in [-0.3, -0.25) is 14.7 Å². The molecular formula is C20H22ClN3O. The van der Waals surface area contributed by atoms with Crippen LogP contribution in [0.2, 0.25) is 5.02 Å². The highest BCUT2D eigenvalue weighted by molar-refractivity contribution is 6.30. The zero-order valence-electron chi connectivity index (χ0n) is 14.2. The Bertz CT molecular complexity index is 767. The van der Waals surface area contributed by atoms with E-state index in [0.717, 1.165) is 56.2 Å². The Labute approximate surface area is 153 Å². The molecule has 1 spiro atoms. The minimum Gasteiger partial charge on any atom is -0.338 e. The SMILES string of the molecule is O=C(c1ccncc1)N1CCC2(CCN(Cc3cccc(Cl)c3)C2)C1. The molecule has 0 N–H and O–H groups in total. The van der Waals surface area contributed by atoms with Gasteiger partial charge in [-0.25, -0.2) is 0 Å². The summed E-state index contributed by atoms with van der Waals surface area (Å²) in [5.41, 5.74) is 2.24. The zero-order valence-corrected chi connectivity index (χ0v) is 15.0. The molecule has 1 aromatic carbocycles. The van der Waals surface area contributed by atoms with Crippen molar-refractivity contribution in [2.24, 2.45) is 5.41 Å². The third-order valence-corrected chi connectivity index (χ3v) is 5.70. The monoisotopic (exact) mass is 355 g/mol. The van der Waals surface area contributed by atoms with Gasteiger partial charge in [0.1, 0.15) is 0 Å². The van der Waals surface area contributed by atoms with E-state index in [0.29, 0.717) is 0 Å². The summed E-state index contributed by atoms with van der Waals surface area (Å²) < 4.78 is 0. The van der Waals surface area contributed by atoms with Crippen molar-refractivity contribution in [3.63, 3.8) is 0 Å². The Morgan fingerprint density at radius 2 is 1.92 bits per heavy atom. The highest BCUT2D eigenvalue weighted by Crippen LogP contribution is 2.40. The summed E-state index contributed by atoms with van der Waals surface area (Å²) in [5, 5.41) is 0.793. The molecule has 1 unspecified atom stereocenters. The fourth-order valence-corrected chi connectivity index (χ4v) is 4.39. The first kappa shape index (κ1) is 16.6. The van der Waals surface area contributed by atoms with Crippen LogP contribution in [-0.4, -0.2) is 46.9 Å². The van der Waals surface area contributed by atoms with E-state index in [2.05, 4.69) is 16.0 Å². The van der Waals surface area contributed by atoms with Gasteiger partial charge in [0.2, 0.25) is 0 Å². The van der Waals surface area contributed by atoms with E-state index in [-0.39, 0.29) is 11.3 Å². The Morgan fingerprint density at radius 1 is 1.12 bits per heavy atom. The summed E-state index contributed by atoms with van der Waals surface area (Å²) in [5.74, 6) is 0.132. The second kappa shape index (κ2) is 6.77. The minimum atomic E-state index is 0.132. The summed E-state index contributed by atoms with van der Waals surface area (Å²) in [6, 6.07) is 11.7. The Kier molecular flexibility index (Phi) is 4.48. The zero-order chi connectivity index (χ0) is 17.3. The molecule has 1 atom stereocenters. The molecule has 1 aromatic heterocycles. The number of carbonyl (C=O) groups is 1. The standard InChI is InChI=1S/C20H22ClN3O/c21-18-3-1-2-16(12-18)13-23-10-6-20(14-23)7-11-24(15-20)19(25)17-4-8-22-9-5-17/h1-5,8-9,12H,6-7,10-11,13-15H2. The van der Waals surface area contributed by atoms with E-state index in [1.165, 1.54) is 5.56 Å². The van der Waals surface area contributed by atoms with Crippen molar-refractivity contribution in [3.05, 3.63) is 64.9 Å². The van der Waals surface area contributed by atoms with Gasteiger partial charge in [0, 0.05) is 54.6 Å². The first-order valence-electron chi connectivity index (χ1n) is 8.80. The highest BCUT2D eigenvalue weighted by atomic mass is 35.5. The molecule has 0 radical (unpaired) electrons. The molecule has 2 fully saturated rings. The van der Waals surface area contributed by atoms with Gasteiger partial charge in [0.15, 0.2) is 0 Å². The number of pyridine rings is 1. The topological polar surface area (TPSA) is 36.4 Å². The molecular weight excluding hydrogens is 334 g/mol. The van der Waals surface area contributed by atoms with Crippen molar-refractivity contribution in [2.45, 2.75) is 19.4 Å². The molecule has 3 heterocycles. The summed E-state index contributed by atoms with van der Waals surface area (Å²) >= 11 is 6.10. The van der Waals surface area contributed by atoms with E-state index in [1.807, 2.05) is 23.1 Å². The maximum Gasteiger partial charge on any atom is 0.253 e. The van der Waals surface area contributed by atoms with Crippen molar-refractivity contribution in [1.82, 2.24) is 14.8 Å². The third-order valence-electron chi connectivity index (χ3n) is 5.47. The van der Waals surface area contributed by atoms with Gasteiger partial charge in [-0.05, 0) is 49.2 Å². The first-order valence-corrected chi connectivity index (χ1v) is 9.18. The Hall–Kier alpha value is -1.91. The van der Waals surface area contributed by atoms with Gasteiger partial charge < -0.3 is 4.90 Å². The maximum absolute atomic E-state index is 12.7. The fraction of sp³-hybridized carbons (Fsp3) is 0.400. The van der Waals surface area contributed by atoms with Gasteiger partial charge in [0.25, 0.3) is 5.91 Å². The number of likely N-dealkylation sites (tertiary alicyclic amines) is 2. The lowest BCUT2D eigenvalue weighted by molar-refractivity contribution is 0.0773. The molecule has 2 aliphatic rings. The van der Waals surface area contributed by atoms with E-state index >= 15 is 0 Å². The van der Waals surface area contributed by atoms with E-state index in [9.17, 15) is 4.79 Å². The van der Waals surface area contributed by atoms with Gasteiger partial charge in [-0.15, -0.1) is 0 Å². The van der Waals surface area contributed by atoms with Crippen LogP contribution in [0.15, 0.2) is 48.8 Å².